The molecule has 0 bridgehead atoms. The van der Waals surface area contributed by atoms with Crippen LogP contribution in [0.15, 0.2) is 24.3 Å². The number of hydrogen-bond donors (Lipinski definition) is 1. The van der Waals surface area contributed by atoms with Gasteiger partial charge in [-0.05, 0) is 25.0 Å². The van der Waals surface area contributed by atoms with E-state index in [2.05, 4.69) is 10.1 Å². The Kier molecular flexibility index (Phi) is 2.42. The van der Waals surface area contributed by atoms with E-state index < -0.39 is 11.4 Å². The topological polar surface area (TPSA) is 55.4 Å². The summed E-state index contributed by atoms with van der Waals surface area (Å²) in [5.74, 6) is -0.808. The van der Waals surface area contributed by atoms with Crippen molar-refractivity contribution in [2.45, 2.75) is 13.3 Å². The van der Waals surface area contributed by atoms with Gasteiger partial charge in [-0.2, -0.15) is 0 Å². The summed E-state index contributed by atoms with van der Waals surface area (Å²) >= 11 is 0. The molecule has 1 atom stereocenters. The highest BCUT2D eigenvalue weighted by Crippen LogP contribution is 2.34. The lowest BCUT2D eigenvalue weighted by Crippen LogP contribution is -2.46. The summed E-state index contributed by atoms with van der Waals surface area (Å²) < 4.78 is 4.68. The highest BCUT2D eigenvalue weighted by molar-refractivity contribution is 6.10. The Morgan fingerprint density at radius 2 is 2.12 bits per heavy atom. The van der Waals surface area contributed by atoms with Gasteiger partial charge >= 0.3 is 5.97 Å². The largest absolute Gasteiger partial charge is 0.468 e. The zero-order chi connectivity index (χ0) is 11.8. The molecule has 1 aliphatic rings. The number of para-hydroxylation sites is 1. The molecule has 0 radical (unpaired) electrons. The molecule has 4 heteroatoms. The third-order valence-corrected chi connectivity index (χ3v) is 2.95. The fourth-order valence-electron chi connectivity index (χ4n) is 1.91. The van der Waals surface area contributed by atoms with E-state index >= 15 is 0 Å². The maximum Gasteiger partial charge on any atom is 0.321 e. The van der Waals surface area contributed by atoms with Gasteiger partial charge in [-0.3, -0.25) is 9.59 Å². The van der Waals surface area contributed by atoms with Gasteiger partial charge in [-0.25, -0.2) is 0 Å². The summed E-state index contributed by atoms with van der Waals surface area (Å²) in [6.45, 7) is 1.60. The van der Waals surface area contributed by atoms with Crippen molar-refractivity contribution < 1.29 is 14.3 Å². The van der Waals surface area contributed by atoms with Gasteiger partial charge in [-0.15, -0.1) is 0 Å². The molecule has 0 fully saturated rings. The van der Waals surface area contributed by atoms with E-state index in [1.54, 1.807) is 6.92 Å². The van der Waals surface area contributed by atoms with E-state index in [0.29, 0.717) is 6.42 Å². The second-order valence-corrected chi connectivity index (χ2v) is 4.11. The predicted molar refractivity (Wildman–Crippen MR) is 58.9 cm³/mol. The minimum Gasteiger partial charge on any atom is -0.468 e. The Bertz CT molecular complexity index is 455. The first-order valence-electron chi connectivity index (χ1n) is 5.06. The Morgan fingerprint density at radius 1 is 1.44 bits per heavy atom. The molecule has 0 saturated heterocycles. The van der Waals surface area contributed by atoms with E-state index in [-0.39, 0.29) is 5.91 Å². The molecule has 4 nitrogen and oxygen atoms in total. The maximum absolute atomic E-state index is 11.9. The van der Waals surface area contributed by atoms with Crippen LogP contribution in [0.3, 0.4) is 0 Å². The Morgan fingerprint density at radius 3 is 2.81 bits per heavy atom. The van der Waals surface area contributed by atoms with Crippen LogP contribution < -0.4 is 5.32 Å². The van der Waals surface area contributed by atoms with Gasteiger partial charge in [-0.1, -0.05) is 18.2 Å². The van der Waals surface area contributed by atoms with Gasteiger partial charge in [0.15, 0.2) is 0 Å². The summed E-state index contributed by atoms with van der Waals surface area (Å²) in [7, 11) is 1.29. The number of fused-ring (bicyclic) bond motifs is 1. The van der Waals surface area contributed by atoms with Crippen molar-refractivity contribution in [2.24, 2.45) is 5.41 Å². The number of carbonyl (C=O) groups excluding carboxylic acids is 2. The normalized spacial score (nSPS) is 23.2. The van der Waals surface area contributed by atoms with Gasteiger partial charge < -0.3 is 10.1 Å². The summed E-state index contributed by atoms with van der Waals surface area (Å²) in [6.07, 6.45) is 0.377. The monoisotopic (exact) mass is 219 g/mol. The molecule has 2 rings (SSSR count). The molecule has 0 aliphatic carbocycles. The molecular weight excluding hydrogens is 206 g/mol. The molecule has 1 aromatic rings. The van der Waals surface area contributed by atoms with Crippen LogP contribution in [0, 0.1) is 5.41 Å². The SMILES string of the molecule is COC(=O)C1(C)Cc2ccccc2NC1=O. The molecule has 1 N–H and O–H groups in total. The minimum atomic E-state index is -1.12. The molecule has 0 spiro atoms. The van der Waals surface area contributed by atoms with Gasteiger partial charge in [0.25, 0.3) is 0 Å². The van der Waals surface area contributed by atoms with Crippen molar-refractivity contribution in [1.29, 1.82) is 0 Å². The van der Waals surface area contributed by atoms with Crippen LogP contribution in [-0.2, 0) is 20.7 Å². The summed E-state index contributed by atoms with van der Waals surface area (Å²) in [5.41, 5.74) is 0.604. The number of carbonyl (C=O) groups is 2. The lowest BCUT2D eigenvalue weighted by molar-refractivity contribution is -0.156. The Labute approximate surface area is 93.6 Å². The van der Waals surface area contributed by atoms with Crippen molar-refractivity contribution in [3.8, 4) is 0 Å². The van der Waals surface area contributed by atoms with Crippen molar-refractivity contribution in [2.75, 3.05) is 12.4 Å². The van der Waals surface area contributed by atoms with Gasteiger partial charge in [0.2, 0.25) is 5.91 Å². The number of methoxy groups -OCH3 is 1. The van der Waals surface area contributed by atoms with Gasteiger partial charge in [0, 0.05) is 5.69 Å². The standard InChI is InChI=1S/C12H13NO3/c1-12(11(15)16-2)7-8-5-3-4-6-9(8)13-10(12)14/h3-6H,7H2,1-2H3,(H,13,14). The Hall–Kier alpha value is -1.84. The quantitative estimate of drug-likeness (QED) is 0.573. The molecule has 1 unspecified atom stereocenters. The average Bonchev–Trinajstić information content (AvgIpc) is 2.29. The molecule has 1 heterocycles. The molecule has 1 amide bonds. The van der Waals surface area contributed by atoms with Crippen molar-refractivity contribution in [3.05, 3.63) is 29.8 Å². The molecular formula is C12H13NO3. The number of esters is 1. The zero-order valence-electron chi connectivity index (χ0n) is 9.24. The second kappa shape index (κ2) is 3.63. The summed E-state index contributed by atoms with van der Waals surface area (Å²) in [4.78, 5) is 23.5. The number of rotatable bonds is 1. The van der Waals surface area contributed by atoms with Crippen molar-refractivity contribution >= 4 is 17.6 Å². The molecule has 0 aromatic heterocycles. The van der Waals surface area contributed by atoms with Gasteiger partial charge in [0.1, 0.15) is 5.41 Å². The van der Waals surface area contributed by atoms with Crippen LogP contribution in [0.4, 0.5) is 5.69 Å². The lowest BCUT2D eigenvalue weighted by Gasteiger charge is -2.31. The third-order valence-electron chi connectivity index (χ3n) is 2.95. The Balaban J connectivity index is 2.41. The van der Waals surface area contributed by atoms with Crippen LogP contribution in [0.5, 0.6) is 0 Å². The van der Waals surface area contributed by atoms with Crippen LogP contribution >= 0.6 is 0 Å². The molecule has 84 valence electrons. The average molecular weight is 219 g/mol. The number of nitrogens with one attached hydrogen (secondary N) is 1. The first-order valence-corrected chi connectivity index (χ1v) is 5.06. The fraction of sp³-hybridized carbons (Fsp3) is 0.333. The second-order valence-electron chi connectivity index (χ2n) is 4.11. The van der Waals surface area contributed by atoms with Crippen LogP contribution in [0.2, 0.25) is 0 Å². The first kappa shape index (κ1) is 10.7. The highest BCUT2D eigenvalue weighted by Gasteiger charge is 2.45. The molecule has 0 saturated carbocycles. The third kappa shape index (κ3) is 1.46. The minimum absolute atomic E-state index is 0.307. The van der Waals surface area contributed by atoms with E-state index in [0.717, 1.165) is 11.3 Å². The number of ether oxygens (including phenoxy) is 1. The lowest BCUT2D eigenvalue weighted by atomic mass is 9.79. The molecule has 16 heavy (non-hydrogen) atoms. The molecule has 1 aliphatic heterocycles. The van der Waals surface area contributed by atoms with E-state index in [4.69, 9.17) is 0 Å². The number of anilines is 1. The number of benzene rings is 1. The maximum atomic E-state index is 11.9. The zero-order valence-corrected chi connectivity index (χ0v) is 9.24. The fourth-order valence-corrected chi connectivity index (χ4v) is 1.91. The van der Waals surface area contributed by atoms with Crippen LogP contribution in [-0.4, -0.2) is 19.0 Å². The first-order chi connectivity index (χ1) is 7.58. The highest BCUT2D eigenvalue weighted by atomic mass is 16.5. The van der Waals surface area contributed by atoms with E-state index in [1.807, 2.05) is 24.3 Å². The van der Waals surface area contributed by atoms with Gasteiger partial charge in [0.05, 0.1) is 7.11 Å². The van der Waals surface area contributed by atoms with Crippen LogP contribution in [0.25, 0.3) is 0 Å². The smallest absolute Gasteiger partial charge is 0.321 e. The molecule has 1 aromatic carbocycles. The summed E-state index contributed by atoms with van der Waals surface area (Å²) in [5, 5.41) is 2.73. The number of hydrogen-bond acceptors (Lipinski definition) is 3. The van der Waals surface area contributed by atoms with Crippen LogP contribution in [0.1, 0.15) is 12.5 Å². The van der Waals surface area contributed by atoms with Crippen molar-refractivity contribution in [3.63, 3.8) is 0 Å². The van der Waals surface area contributed by atoms with E-state index in [1.165, 1.54) is 7.11 Å². The predicted octanol–water partition coefficient (Wildman–Crippen LogP) is 1.36. The van der Waals surface area contributed by atoms with Crippen molar-refractivity contribution in [1.82, 2.24) is 0 Å². The number of amides is 1. The van der Waals surface area contributed by atoms with E-state index in [9.17, 15) is 9.59 Å². The summed E-state index contributed by atoms with van der Waals surface area (Å²) in [6, 6.07) is 7.45.